The summed E-state index contributed by atoms with van der Waals surface area (Å²) in [5.74, 6) is 1.93. The van der Waals surface area contributed by atoms with Crippen molar-refractivity contribution < 1.29 is 9.84 Å². The van der Waals surface area contributed by atoms with Gasteiger partial charge in [-0.25, -0.2) is 4.99 Å². The fourth-order valence-corrected chi connectivity index (χ4v) is 3.70. The molecule has 1 unspecified atom stereocenters. The van der Waals surface area contributed by atoms with Gasteiger partial charge in [-0.05, 0) is 68.2 Å². The number of nitrogens with one attached hydrogen (secondary N) is 2. The van der Waals surface area contributed by atoms with Crippen LogP contribution in [0.3, 0.4) is 0 Å². The quantitative estimate of drug-likeness (QED) is 0.472. The molecular weight excluding hydrogens is 364 g/mol. The predicted octanol–water partition coefficient (Wildman–Crippen LogP) is 3.29. The van der Waals surface area contributed by atoms with E-state index >= 15 is 0 Å². The number of phenols is 1. The Morgan fingerprint density at radius 3 is 2.55 bits per heavy atom. The molecule has 6 nitrogen and oxygen atoms in total. The molecule has 1 heterocycles. The first-order valence-electron chi connectivity index (χ1n) is 10.4. The number of ether oxygens (including phenoxy) is 1. The van der Waals surface area contributed by atoms with Crippen molar-refractivity contribution in [3.05, 3.63) is 59.7 Å². The average molecular weight is 397 g/mol. The Morgan fingerprint density at radius 1 is 1.14 bits per heavy atom. The molecule has 0 saturated carbocycles. The van der Waals surface area contributed by atoms with E-state index in [1.54, 1.807) is 19.2 Å². The predicted molar refractivity (Wildman–Crippen MR) is 117 cm³/mol. The van der Waals surface area contributed by atoms with E-state index in [-0.39, 0.29) is 11.8 Å². The second-order valence-corrected chi connectivity index (χ2v) is 7.28. The van der Waals surface area contributed by atoms with Crippen molar-refractivity contribution in [3.63, 3.8) is 0 Å². The number of aliphatic imine (C=N–C) groups is 1. The number of rotatable bonds is 8. The third-order valence-corrected chi connectivity index (χ3v) is 5.22. The zero-order valence-electron chi connectivity index (χ0n) is 17.4. The topological polar surface area (TPSA) is 69.1 Å². The van der Waals surface area contributed by atoms with Crippen LogP contribution in [0, 0.1) is 0 Å². The molecule has 29 heavy (non-hydrogen) atoms. The van der Waals surface area contributed by atoms with E-state index in [9.17, 15) is 5.11 Å². The SMILES string of the molecule is CCNC(=NCc1cccc(O)c1)NCC(c1ccc(OC)cc1)N1CCCC1. The molecule has 1 aliphatic rings. The number of hydrogen-bond donors (Lipinski definition) is 3. The van der Waals surface area contributed by atoms with Crippen molar-refractivity contribution in [3.8, 4) is 11.5 Å². The number of phenolic OH excluding ortho intramolecular Hbond substituents is 1. The minimum Gasteiger partial charge on any atom is -0.508 e. The average Bonchev–Trinajstić information content (AvgIpc) is 3.27. The third-order valence-electron chi connectivity index (χ3n) is 5.22. The van der Waals surface area contributed by atoms with Crippen LogP contribution in [0.15, 0.2) is 53.5 Å². The Morgan fingerprint density at radius 2 is 1.90 bits per heavy atom. The van der Waals surface area contributed by atoms with Crippen molar-refractivity contribution in [1.29, 1.82) is 0 Å². The van der Waals surface area contributed by atoms with Crippen LogP contribution in [-0.2, 0) is 6.54 Å². The van der Waals surface area contributed by atoms with E-state index in [0.717, 1.165) is 43.5 Å². The number of methoxy groups -OCH3 is 1. The van der Waals surface area contributed by atoms with Crippen molar-refractivity contribution in [2.75, 3.05) is 33.3 Å². The molecule has 0 radical (unpaired) electrons. The summed E-state index contributed by atoms with van der Waals surface area (Å²) >= 11 is 0. The number of nitrogens with zero attached hydrogens (tertiary/aromatic N) is 2. The van der Waals surface area contributed by atoms with Crippen LogP contribution in [0.4, 0.5) is 0 Å². The zero-order valence-corrected chi connectivity index (χ0v) is 17.4. The van der Waals surface area contributed by atoms with E-state index in [0.29, 0.717) is 6.54 Å². The van der Waals surface area contributed by atoms with Gasteiger partial charge in [0.25, 0.3) is 0 Å². The Balaban J connectivity index is 1.69. The molecule has 0 amide bonds. The van der Waals surface area contributed by atoms with E-state index < -0.39 is 0 Å². The van der Waals surface area contributed by atoms with Gasteiger partial charge >= 0.3 is 0 Å². The number of benzene rings is 2. The molecule has 1 fully saturated rings. The number of aromatic hydroxyl groups is 1. The lowest BCUT2D eigenvalue weighted by Crippen LogP contribution is -2.42. The summed E-state index contributed by atoms with van der Waals surface area (Å²) in [4.78, 5) is 7.22. The van der Waals surface area contributed by atoms with E-state index in [4.69, 9.17) is 4.74 Å². The highest BCUT2D eigenvalue weighted by Gasteiger charge is 2.23. The first kappa shape index (κ1) is 21.0. The minimum absolute atomic E-state index is 0.268. The van der Waals surface area contributed by atoms with Crippen LogP contribution in [-0.4, -0.2) is 49.3 Å². The molecule has 3 rings (SSSR count). The summed E-state index contributed by atoms with van der Waals surface area (Å²) in [5, 5.41) is 16.5. The molecule has 0 aromatic heterocycles. The lowest BCUT2D eigenvalue weighted by Gasteiger charge is -2.29. The highest BCUT2D eigenvalue weighted by molar-refractivity contribution is 5.79. The van der Waals surface area contributed by atoms with Crippen LogP contribution >= 0.6 is 0 Å². The molecule has 156 valence electrons. The molecule has 2 aromatic rings. The van der Waals surface area contributed by atoms with Gasteiger partial charge in [0.2, 0.25) is 0 Å². The normalized spacial score (nSPS) is 15.9. The fraction of sp³-hybridized carbons (Fsp3) is 0.435. The third kappa shape index (κ3) is 6.12. The molecule has 1 atom stereocenters. The van der Waals surface area contributed by atoms with Gasteiger partial charge in [0.15, 0.2) is 5.96 Å². The van der Waals surface area contributed by atoms with Gasteiger partial charge in [0.05, 0.1) is 19.7 Å². The molecule has 0 bridgehead atoms. The maximum Gasteiger partial charge on any atom is 0.191 e. The Labute approximate surface area is 173 Å². The highest BCUT2D eigenvalue weighted by Crippen LogP contribution is 2.26. The van der Waals surface area contributed by atoms with Crippen molar-refractivity contribution in [2.24, 2.45) is 4.99 Å². The van der Waals surface area contributed by atoms with Gasteiger partial charge in [-0.15, -0.1) is 0 Å². The van der Waals surface area contributed by atoms with Crippen LogP contribution in [0.5, 0.6) is 11.5 Å². The minimum atomic E-state index is 0.268. The molecule has 0 spiro atoms. The first-order chi connectivity index (χ1) is 14.2. The van der Waals surface area contributed by atoms with Crippen LogP contribution in [0.1, 0.15) is 36.9 Å². The van der Waals surface area contributed by atoms with Crippen LogP contribution < -0.4 is 15.4 Å². The Hall–Kier alpha value is -2.73. The molecule has 0 aliphatic carbocycles. The maximum atomic E-state index is 9.65. The number of likely N-dealkylation sites (tertiary alicyclic amines) is 1. The molecule has 2 aromatic carbocycles. The summed E-state index contributed by atoms with van der Waals surface area (Å²) in [6.07, 6.45) is 2.50. The van der Waals surface area contributed by atoms with Gasteiger partial charge in [0.1, 0.15) is 11.5 Å². The van der Waals surface area contributed by atoms with E-state index in [1.807, 2.05) is 24.3 Å². The molecular formula is C23H32N4O2. The van der Waals surface area contributed by atoms with Gasteiger partial charge in [-0.1, -0.05) is 24.3 Å². The molecule has 3 N–H and O–H groups in total. The van der Waals surface area contributed by atoms with Crippen LogP contribution in [0.2, 0.25) is 0 Å². The lowest BCUT2D eigenvalue weighted by atomic mass is 10.1. The lowest BCUT2D eigenvalue weighted by molar-refractivity contribution is 0.245. The standard InChI is InChI=1S/C23H32N4O2/c1-3-24-23(25-16-18-7-6-8-20(28)15-18)26-17-22(27-13-4-5-14-27)19-9-11-21(29-2)12-10-19/h6-12,15,22,28H,3-5,13-14,16-17H2,1-2H3,(H2,24,25,26). The Kier molecular flexibility index (Phi) is 7.76. The van der Waals surface area contributed by atoms with Gasteiger partial charge in [-0.3, -0.25) is 4.90 Å². The molecule has 1 saturated heterocycles. The first-order valence-corrected chi connectivity index (χ1v) is 10.4. The summed E-state index contributed by atoms with van der Waals surface area (Å²) in [6, 6.07) is 15.9. The number of hydrogen-bond acceptors (Lipinski definition) is 4. The summed E-state index contributed by atoms with van der Waals surface area (Å²) < 4.78 is 5.31. The summed E-state index contributed by atoms with van der Waals surface area (Å²) in [6.45, 7) is 6.39. The van der Waals surface area contributed by atoms with Gasteiger partial charge < -0.3 is 20.5 Å². The van der Waals surface area contributed by atoms with Gasteiger partial charge in [-0.2, -0.15) is 0 Å². The second-order valence-electron chi connectivity index (χ2n) is 7.28. The largest absolute Gasteiger partial charge is 0.508 e. The summed E-state index contributed by atoms with van der Waals surface area (Å²) in [7, 11) is 1.69. The van der Waals surface area contributed by atoms with E-state index in [2.05, 4.69) is 39.6 Å². The second kappa shape index (κ2) is 10.7. The van der Waals surface area contributed by atoms with Crippen LogP contribution in [0.25, 0.3) is 0 Å². The smallest absolute Gasteiger partial charge is 0.191 e. The van der Waals surface area contributed by atoms with Crippen molar-refractivity contribution in [2.45, 2.75) is 32.4 Å². The maximum absolute atomic E-state index is 9.65. The fourth-order valence-electron chi connectivity index (χ4n) is 3.70. The summed E-state index contributed by atoms with van der Waals surface area (Å²) in [5.41, 5.74) is 2.26. The van der Waals surface area contributed by atoms with E-state index in [1.165, 1.54) is 18.4 Å². The monoisotopic (exact) mass is 396 g/mol. The van der Waals surface area contributed by atoms with Crippen molar-refractivity contribution in [1.82, 2.24) is 15.5 Å². The Bertz CT molecular complexity index is 786. The molecule has 6 heteroatoms. The molecule has 1 aliphatic heterocycles. The van der Waals surface area contributed by atoms with Gasteiger partial charge in [0, 0.05) is 13.1 Å². The number of guanidine groups is 1. The zero-order chi connectivity index (χ0) is 20.5. The highest BCUT2D eigenvalue weighted by atomic mass is 16.5. The van der Waals surface area contributed by atoms with Crippen molar-refractivity contribution >= 4 is 5.96 Å².